The van der Waals surface area contributed by atoms with Crippen molar-refractivity contribution < 1.29 is 18.8 Å². The third-order valence-electron chi connectivity index (χ3n) is 6.13. The van der Waals surface area contributed by atoms with E-state index in [2.05, 4.69) is 10.2 Å². The van der Waals surface area contributed by atoms with Crippen molar-refractivity contribution in [1.29, 1.82) is 0 Å². The molecular weight excluding hydrogens is 467 g/mol. The molecule has 0 atom stereocenters. The van der Waals surface area contributed by atoms with Crippen molar-refractivity contribution in [3.8, 4) is 0 Å². The zero-order valence-corrected chi connectivity index (χ0v) is 19.9. The molecule has 0 spiro atoms. The number of amides is 3. The maximum atomic E-state index is 13.3. The second kappa shape index (κ2) is 9.59. The van der Waals surface area contributed by atoms with E-state index in [0.717, 1.165) is 51.8 Å². The van der Waals surface area contributed by atoms with Crippen molar-refractivity contribution in [2.24, 2.45) is 0 Å². The SMILES string of the molecule is CN1CCc2nc3ccccc3c(C(=O)NCCN3C(=O)S/C(=C/c4ccc(F)cc4)C3=O)c2C1. The summed E-state index contributed by atoms with van der Waals surface area (Å²) in [6.45, 7) is 1.70. The van der Waals surface area contributed by atoms with E-state index < -0.39 is 11.1 Å². The number of benzene rings is 2. The first-order valence-electron chi connectivity index (χ1n) is 11.3. The van der Waals surface area contributed by atoms with Gasteiger partial charge in [0.2, 0.25) is 0 Å². The number of hydrogen-bond acceptors (Lipinski definition) is 6. The molecule has 1 saturated heterocycles. The van der Waals surface area contributed by atoms with Crippen LogP contribution in [0.3, 0.4) is 0 Å². The summed E-state index contributed by atoms with van der Waals surface area (Å²) >= 11 is 0.835. The molecule has 2 aliphatic heterocycles. The van der Waals surface area contributed by atoms with Crippen LogP contribution in [0.15, 0.2) is 53.4 Å². The first-order chi connectivity index (χ1) is 16.9. The van der Waals surface area contributed by atoms with Crippen molar-refractivity contribution in [3.05, 3.63) is 81.6 Å². The lowest BCUT2D eigenvalue weighted by atomic mass is 9.95. The molecule has 35 heavy (non-hydrogen) atoms. The molecule has 0 saturated carbocycles. The average Bonchev–Trinajstić information content (AvgIpc) is 3.11. The quantitative estimate of drug-likeness (QED) is 0.548. The highest BCUT2D eigenvalue weighted by atomic mass is 32.2. The lowest BCUT2D eigenvalue weighted by Gasteiger charge is -2.27. The van der Waals surface area contributed by atoms with Gasteiger partial charge in [0, 0.05) is 49.2 Å². The lowest BCUT2D eigenvalue weighted by molar-refractivity contribution is -0.122. The highest BCUT2D eigenvalue weighted by Crippen LogP contribution is 2.32. The van der Waals surface area contributed by atoms with E-state index in [9.17, 15) is 18.8 Å². The van der Waals surface area contributed by atoms with Crippen LogP contribution in [0.1, 0.15) is 27.2 Å². The molecular formula is C26H23FN4O3S. The van der Waals surface area contributed by atoms with Gasteiger partial charge in [-0.1, -0.05) is 30.3 Å². The summed E-state index contributed by atoms with van der Waals surface area (Å²) in [4.78, 5) is 46.8. The minimum Gasteiger partial charge on any atom is -0.350 e. The molecule has 0 unspecified atom stereocenters. The molecule has 3 amide bonds. The molecule has 1 N–H and O–H groups in total. The molecule has 178 valence electrons. The normalized spacial score (nSPS) is 17.3. The summed E-state index contributed by atoms with van der Waals surface area (Å²) in [6.07, 6.45) is 2.34. The van der Waals surface area contributed by atoms with Crippen LogP contribution in [0.5, 0.6) is 0 Å². The number of para-hydroxylation sites is 1. The Labute approximate surface area is 206 Å². The minimum absolute atomic E-state index is 0.0578. The average molecular weight is 491 g/mol. The summed E-state index contributed by atoms with van der Waals surface area (Å²) in [6, 6.07) is 13.3. The van der Waals surface area contributed by atoms with E-state index in [4.69, 9.17) is 4.98 Å². The van der Waals surface area contributed by atoms with Gasteiger partial charge in [0.05, 0.1) is 16.0 Å². The van der Waals surface area contributed by atoms with Gasteiger partial charge in [0.25, 0.3) is 17.1 Å². The fraction of sp³-hybridized carbons (Fsp3) is 0.231. The van der Waals surface area contributed by atoms with E-state index in [-0.39, 0.29) is 29.7 Å². The van der Waals surface area contributed by atoms with E-state index in [1.807, 2.05) is 31.3 Å². The molecule has 2 aromatic carbocycles. The van der Waals surface area contributed by atoms with Crippen molar-refractivity contribution in [1.82, 2.24) is 20.1 Å². The molecule has 1 fully saturated rings. The second-order valence-corrected chi connectivity index (χ2v) is 9.55. The number of imide groups is 1. The molecule has 7 nitrogen and oxygen atoms in total. The predicted octanol–water partition coefficient (Wildman–Crippen LogP) is 3.83. The summed E-state index contributed by atoms with van der Waals surface area (Å²) in [5.74, 6) is -1.04. The number of likely N-dealkylation sites (N-methyl/N-ethyl adjacent to an activating group) is 1. The third kappa shape index (κ3) is 4.69. The highest BCUT2D eigenvalue weighted by molar-refractivity contribution is 8.18. The molecule has 0 bridgehead atoms. The number of halogens is 1. The van der Waals surface area contributed by atoms with Gasteiger partial charge in [-0.2, -0.15) is 0 Å². The summed E-state index contributed by atoms with van der Waals surface area (Å²) in [5, 5.41) is 3.28. The summed E-state index contributed by atoms with van der Waals surface area (Å²) in [5.41, 5.74) is 3.86. The van der Waals surface area contributed by atoms with Gasteiger partial charge in [-0.05, 0) is 48.6 Å². The smallest absolute Gasteiger partial charge is 0.293 e. The maximum absolute atomic E-state index is 13.3. The Balaban J connectivity index is 1.31. The maximum Gasteiger partial charge on any atom is 0.293 e. The van der Waals surface area contributed by atoms with Gasteiger partial charge in [0.15, 0.2) is 0 Å². The largest absolute Gasteiger partial charge is 0.350 e. The van der Waals surface area contributed by atoms with Crippen LogP contribution in [0.2, 0.25) is 0 Å². The molecule has 2 aliphatic rings. The zero-order chi connectivity index (χ0) is 24.5. The Morgan fingerprint density at radius 1 is 1.17 bits per heavy atom. The van der Waals surface area contributed by atoms with E-state index in [1.165, 1.54) is 12.1 Å². The van der Waals surface area contributed by atoms with Crippen molar-refractivity contribution in [3.63, 3.8) is 0 Å². The molecule has 3 heterocycles. The number of rotatable bonds is 5. The number of aromatic nitrogens is 1. The zero-order valence-electron chi connectivity index (χ0n) is 19.1. The number of thioether (sulfide) groups is 1. The number of pyridine rings is 1. The van der Waals surface area contributed by atoms with Crippen LogP contribution in [0.25, 0.3) is 17.0 Å². The lowest BCUT2D eigenvalue weighted by Crippen LogP contribution is -2.38. The van der Waals surface area contributed by atoms with Gasteiger partial charge in [-0.25, -0.2) is 4.39 Å². The van der Waals surface area contributed by atoms with Crippen LogP contribution in [-0.4, -0.2) is 58.5 Å². The summed E-state index contributed by atoms with van der Waals surface area (Å²) < 4.78 is 13.1. The number of fused-ring (bicyclic) bond motifs is 2. The van der Waals surface area contributed by atoms with Crippen molar-refractivity contribution in [2.75, 3.05) is 26.7 Å². The van der Waals surface area contributed by atoms with Gasteiger partial charge in [-0.3, -0.25) is 24.3 Å². The fourth-order valence-electron chi connectivity index (χ4n) is 4.36. The van der Waals surface area contributed by atoms with Crippen LogP contribution >= 0.6 is 11.8 Å². The van der Waals surface area contributed by atoms with E-state index in [0.29, 0.717) is 17.7 Å². The minimum atomic E-state index is -0.424. The molecule has 0 radical (unpaired) electrons. The Morgan fingerprint density at radius 3 is 2.74 bits per heavy atom. The highest BCUT2D eigenvalue weighted by Gasteiger charge is 2.35. The Bertz CT molecular complexity index is 1370. The molecule has 9 heteroatoms. The van der Waals surface area contributed by atoms with E-state index >= 15 is 0 Å². The molecule has 5 rings (SSSR count). The Kier molecular flexibility index (Phi) is 6.36. The monoisotopic (exact) mass is 490 g/mol. The first-order valence-corrected chi connectivity index (χ1v) is 12.1. The van der Waals surface area contributed by atoms with Gasteiger partial charge >= 0.3 is 0 Å². The molecule has 0 aliphatic carbocycles. The Hall–Kier alpha value is -3.56. The van der Waals surface area contributed by atoms with Crippen molar-refractivity contribution >= 4 is 45.8 Å². The first kappa shape index (κ1) is 23.2. The standard InChI is InChI=1S/C26H23FN4O3S/c1-30-12-10-21-19(15-30)23(18-4-2-3-5-20(18)29-21)24(32)28-11-13-31-25(33)22(35-26(31)34)14-16-6-8-17(27)9-7-16/h2-9,14H,10-13,15H2,1H3,(H,28,32)/b22-14+. The number of hydrogen-bond donors (Lipinski definition) is 1. The fourth-order valence-corrected chi connectivity index (χ4v) is 5.22. The molecule has 1 aromatic heterocycles. The molecule has 3 aromatic rings. The predicted molar refractivity (Wildman–Crippen MR) is 133 cm³/mol. The van der Waals surface area contributed by atoms with Crippen LogP contribution in [0, 0.1) is 5.82 Å². The van der Waals surface area contributed by atoms with Gasteiger partial charge < -0.3 is 10.2 Å². The van der Waals surface area contributed by atoms with Crippen LogP contribution in [0.4, 0.5) is 9.18 Å². The summed E-state index contributed by atoms with van der Waals surface area (Å²) in [7, 11) is 2.01. The number of carbonyl (C=O) groups excluding carboxylic acids is 3. The number of carbonyl (C=O) groups is 3. The van der Waals surface area contributed by atoms with Crippen LogP contribution < -0.4 is 5.32 Å². The topological polar surface area (TPSA) is 82.6 Å². The number of nitrogens with zero attached hydrogens (tertiary/aromatic N) is 3. The van der Waals surface area contributed by atoms with Gasteiger partial charge in [0.1, 0.15) is 5.82 Å². The number of nitrogens with one attached hydrogen (secondary N) is 1. The third-order valence-corrected chi connectivity index (χ3v) is 7.03. The van der Waals surface area contributed by atoms with Crippen LogP contribution in [-0.2, 0) is 17.8 Å². The Morgan fingerprint density at radius 2 is 1.94 bits per heavy atom. The van der Waals surface area contributed by atoms with Gasteiger partial charge in [-0.15, -0.1) is 0 Å². The van der Waals surface area contributed by atoms with Crippen molar-refractivity contribution in [2.45, 2.75) is 13.0 Å². The second-order valence-electron chi connectivity index (χ2n) is 8.56. The van der Waals surface area contributed by atoms with E-state index in [1.54, 1.807) is 18.2 Å².